The average Bonchev–Trinajstić information content (AvgIpc) is 2.53. The summed E-state index contributed by atoms with van der Waals surface area (Å²) in [5.74, 6) is 0. The lowest BCUT2D eigenvalue weighted by Crippen LogP contribution is -2.50. The number of hydrogen-bond acceptors (Lipinski definition) is 10. The Kier molecular flexibility index (Phi) is 13.3. The van der Waals surface area contributed by atoms with Crippen LogP contribution in [0.25, 0.3) is 0 Å². The normalized spacial score (nSPS) is 13.8. The molecule has 0 aromatic heterocycles. The van der Waals surface area contributed by atoms with Crippen LogP contribution in [0.3, 0.4) is 0 Å². The van der Waals surface area contributed by atoms with Gasteiger partial charge in [0, 0.05) is 36.3 Å². The van der Waals surface area contributed by atoms with E-state index in [1.807, 2.05) is 98.1 Å². The van der Waals surface area contributed by atoms with E-state index in [-0.39, 0.29) is 36.3 Å². The van der Waals surface area contributed by atoms with Gasteiger partial charge in [-0.2, -0.15) is 13.9 Å². The predicted molar refractivity (Wildman–Crippen MR) is 117 cm³/mol. The van der Waals surface area contributed by atoms with Gasteiger partial charge >= 0.3 is 7.82 Å². The van der Waals surface area contributed by atoms with Crippen LogP contribution in [0.15, 0.2) is 0 Å². The fraction of sp³-hybridized carbons (Fsp3) is 1.00. The second-order valence-corrected chi connectivity index (χ2v) is 10.2. The summed E-state index contributed by atoms with van der Waals surface area (Å²) in [6.07, 6.45) is 0. The summed E-state index contributed by atoms with van der Waals surface area (Å²) in [4.78, 5) is 0. The lowest BCUT2D eigenvalue weighted by molar-refractivity contribution is -0.132. The molecule has 0 amide bonds. The average molecular weight is 441 g/mol. The van der Waals surface area contributed by atoms with Gasteiger partial charge in [0.05, 0.1) is 0 Å². The van der Waals surface area contributed by atoms with Gasteiger partial charge in [0.1, 0.15) is 0 Å². The van der Waals surface area contributed by atoms with Crippen LogP contribution in [0.1, 0.15) is 83.1 Å². The van der Waals surface area contributed by atoms with E-state index in [2.05, 4.69) is 16.8 Å². The summed E-state index contributed by atoms with van der Waals surface area (Å²) >= 11 is 0. The highest BCUT2D eigenvalue weighted by molar-refractivity contribution is 7.48. The minimum atomic E-state index is -4.08. The van der Waals surface area contributed by atoms with E-state index in [0.29, 0.717) is 0 Å². The first-order valence-electron chi connectivity index (χ1n) is 10.5. The van der Waals surface area contributed by atoms with Gasteiger partial charge in [-0.15, -0.1) is 16.8 Å². The highest BCUT2D eigenvalue weighted by Gasteiger charge is 2.34. The van der Waals surface area contributed by atoms with E-state index in [1.165, 1.54) is 0 Å². The van der Waals surface area contributed by atoms with Gasteiger partial charge in [-0.3, -0.25) is 0 Å². The first-order chi connectivity index (χ1) is 13.2. The zero-order valence-electron chi connectivity index (χ0n) is 20.4. The Labute approximate surface area is 178 Å². The maximum absolute atomic E-state index is 13.3. The van der Waals surface area contributed by atoms with Crippen molar-refractivity contribution in [3.05, 3.63) is 0 Å². The number of hydrogen-bond donors (Lipinski definition) is 3. The number of hydrazine groups is 3. The Bertz CT molecular complexity index is 400. The number of nitrogens with one attached hydrogen (secondary N) is 3. The summed E-state index contributed by atoms with van der Waals surface area (Å²) in [6, 6.07) is 0.639. The molecule has 29 heavy (non-hydrogen) atoms. The first kappa shape index (κ1) is 28.9. The molecule has 0 aliphatic rings. The van der Waals surface area contributed by atoms with Gasteiger partial charge in [0.25, 0.3) is 0 Å². The number of nitrogens with zero attached hydrogens (tertiary/aromatic N) is 3. The molecular formula is C18H45N6O4P. The van der Waals surface area contributed by atoms with Crippen LogP contribution >= 0.6 is 7.82 Å². The van der Waals surface area contributed by atoms with Crippen LogP contribution < -0.4 is 16.8 Å². The van der Waals surface area contributed by atoms with Crippen molar-refractivity contribution in [1.82, 2.24) is 31.8 Å². The second-order valence-electron chi connectivity index (χ2n) is 8.78. The molecule has 0 saturated heterocycles. The molecule has 0 unspecified atom stereocenters. The smallest absolute Gasteiger partial charge is 0.223 e. The molecule has 0 radical (unpaired) electrons. The molecule has 0 aromatic carbocycles. The van der Waals surface area contributed by atoms with Crippen molar-refractivity contribution in [3.63, 3.8) is 0 Å². The fourth-order valence-electron chi connectivity index (χ4n) is 2.77. The van der Waals surface area contributed by atoms with Crippen molar-refractivity contribution in [1.29, 1.82) is 0 Å². The minimum absolute atomic E-state index is 0.107. The molecule has 0 heterocycles. The molecule has 0 fully saturated rings. The van der Waals surface area contributed by atoms with Crippen molar-refractivity contribution in [2.75, 3.05) is 0 Å². The predicted octanol–water partition coefficient (Wildman–Crippen LogP) is 3.76. The minimum Gasteiger partial charge on any atom is -0.223 e. The van der Waals surface area contributed by atoms with Crippen LogP contribution in [0, 0.1) is 0 Å². The molecule has 11 heteroatoms. The maximum Gasteiger partial charge on any atom is 0.528 e. The Hall–Kier alpha value is -0.130. The van der Waals surface area contributed by atoms with E-state index in [0.717, 1.165) is 0 Å². The van der Waals surface area contributed by atoms with Gasteiger partial charge in [0.15, 0.2) is 0 Å². The van der Waals surface area contributed by atoms with Crippen LogP contribution in [-0.2, 0) is 18.4 Å². The highest BCUT2D eigenvalue weighted by atomic mass is 31.2. The number of rotatable bonds is 15. The van der Waals surface area contributed by atoms with Crippen LogP contribution in [-0.4, -0.2) is 51.3 Å². The Balaban J connectivity index is 5.36. The monoisotopic (exact) mass is 440 g/mol. The quantitative estimate of drug-likeness (QED) is 0.258. The maximum atomic E-state index is 13.3. The molecule has 0 aromatic rings. The lowest BCUT2D eigenvalue weighted by atomic mass is 10.3. The second kappa shape index (κ2) is 13.3. The molecular weight excluding hydrogens is 395 g/mol. The van der Waals surface area contributed by atoms with Gasteiger partial charge in [-0.25, -0.2) is 19.6 Å². The van der Waals surface area contributed by atoms with E-state index < -0.39 is 7.82 Å². The third-order valence-electron chi connectivity index (χ3n) is 4.11. The van der Waals surface area contributed by atoms with Crippen LogP contribution in [0.4, 0.5) is 0 Å². The molecule has 176 valence electrons. The molecule has 0 bridgehead atoms. The van der Waals surface area contributed by atoms with Crippen molar-refractivity contribution in [3.8, 4) is 0 Å². The summed E-state index contributed by atoms with van der Waals surface area (Å²) in [5, 5.41) is 5.43. The molecule has 3 N–H and O–H groups in total. The van der Waals surface area contributed by atoms with Crippen molar-refractivity contribution in [2.24, 2.45) is 0 Å². The van der Waals surface area contributed by atoms with Crippen LogP contribution in [0.5, 0.6) is 0 Å². The van der Waals surface area contributed by atoms with Crippen molar-refractivity contribution in [2.45, 2.75) is 119 Å². The largest absolute Gasteiger partial charge is 0.528 e. The van der Waals surface area contributed by atoms with E-state index in [4.69, 9.17) is 13.9 Å². The van der Waals surface area contributed by atoms with E-state index in [9.17, 15) is 4.57 Å². The third kappa shape index (κ3) is 10.6. The first-order valence-corrected chi connectivity index (χ1v) is 12.0. The zero-order valence-corrected chi connectivity index (χ0v) is 21.3. The molecule has 0 rings (SSSR count). The highest BCUT2D eigenvalue weighted by Crippen LogP contribution is 2.47. The lowest BCUT2D eigenvalue weighted by Gasteiger charge is -2.35. The molecule has 0 saturated carbocycles. The van der Waals surface area contributed by atoms with Gasteiger partial charge in [-0.1, -0.05) is 0 Å². The van der Waals surface area contributed by atoms with Gasteiger partial charge < -0.3 is 0 Å². The van der Waals surface area contributed by atoms with Gasteiger partial charge in [0.2, 0.25) is 0 Å². The van der Waals surface area contributed by atoms with Gasteiger partial charge in [-0.05, 0) is 83.1 Å². The van der Waals surface area contributed by atoms with Crippen molar-refractivity contribution >= 4 is 7.82 Å². The third-order valence-corrected chi connectivity index (χ3v) is 5.03. The SMILES string of the molecule is CC(C)N(NOP(=O)(ONN(C(C)C)C(C)C)ONN(C(C)C)C(C)C)C(C)C. The van der Waals surface area contributed by atoms with Crippen molar-refractivity contribution < 1.29 is 18.4 Å². The zero-order chi connectivity index (χ0) is 22.9. The summed E-state index contributed by atoms with van der Waals surface area (Å²) < 4.78 is 29.7. The van der Waals surface area contributed by atoms with Crippen LogP contribution in [0.2, 0.25) is 0 Å². The summed E-state index contributed by atoms with van der Waals surface area (Å²) in [5.41, 5.74) is 8.18. The molecule has 0 atom stereocenters. The Morgan fingerprint density at radius 1 is 0.483 bits per heavy atom. The summed E-state index contributed by atoms with van der Waals surface area (Å²) in [6.45, 7) is 24.0. The summed E-state index contributed by atoms with van der Waals surface area (Å²) in [7, 11) is -4.08. The molecule has 0 aliphatic carbocycles. The molecule has 0 spiro atoms. The molecule has 0 aliphatic heterocycles. The number of phosphoric acid groups is 1. The fourth-order valence-corrected chi connectivity index (χ4v) is 3.46. The Morgan fingerprint density at radius 2 is 0.655 bits per heavy atom. The van der Waals surface area contributed by atoms with E-state index >= 15 is 0 Å². The topological polar surface area (TPSA) is 90.6 Å². The van der Waals surface area contributed by atoms with E-state index in [1.54, 1.807) is 0 Å². The Morgan fingerprint density at radius 3 is 0.793 bits per heavy atom. The molecule has 10 nitrogen and oxygen atoms in total. The standard InChI is InChI=1S/C18H45N6O4P/c1-13(2)22(14(3)4)19-26-29(25,27-20-23(15(5)6)16(7)8)28-21-24(17(9)10)18(11)12/h13-21H,1-12H3.